The third-order valence-electron chi connectivity index (χ3n) is 5.41. The minimum Gasteiger partial charge on any atom is -0.381 e. The van der Waals surface area contributed by atoms with Crippen LogP contribution in [0.25, 0.3) is 11.0 Å². The van der Waals surface area contributed by atoms with Crippen LogP contribution < -0.4 is 5.32 Å². The number of amides is 2. The van der Waals surface area contributed by atoms with E-state index in [9.17, 15) is 14.0 Å². The highest BCUT2D eigenvalue weighted by atomic mass is 19.1. The van der Waals surface area contributed by atoms with Crippen molar-refractivity contribution in [1.82, 2.24) is 20.2 Å². The van der Waals surface area contributed by atoms with E-state index in [-0.39, 0.29) is 23.9 Å². The number of nitrogens with zero attached hydrogens (tertiary/aromatic N) is 2. The van der Waals surface area contributed by atoms with Crippen LogP contribution in [0.4, 0.5) is 4.39 Å². The maximum atomic E-state index is 14.4. The van der Waals surface area contributed by atoms with Gasteiger partial charge in [0.05, 0.1) is 34.9 Å². The van der Waals surface area contributed by atoms with Gasteiger partial charge in [-0.3, -0.25) is 9.59 Å². The summed E-state index contributed by atoms with van der Waals surface area (Å²) in [4.78, 5) is 33.9. The van der Waals surface area contributed by atoms with E-state index < -0.39 is 17.1 Å². The van der Waals surface area contributed by atoms with Crippen LogP contribution in [-0.2, 0) is 9.53 Å². The Morgan fingerprint density at radius 2 is 2.32 bits per heavy atom. The summed E-state index contributed by atoms with van der Waals surface area (Å²) in [5, 5.41) is 2.71. The molecule has 25 heavy (non-hydrogen) atoms. The SMILES string of the molecule is CNC(=O)[C@]12CCOC[C@H]1CN(C(=O)c1cc3nc[nH]c3cc1F)C2. The second-order valence-corrected chi connectivity index (χ2v) is 6.69. The molecule has 2 amide bonds. The molecular formula is C17H19FN4O3. The highest BCUT2D eigenvalue weighted by Gasteiger charge is 2.54. The number of imidazole rings is 1. The summed E-state index contributed by atoms with van der Waals surface area (Å²) >= 11 is 0. The normalized spacial score (nSPS) is 25.8. The number of benzene rings is 1. The van der Waals surface area contributed by atoms with Gasteiger partial charge in [0.25, 0.3) is 5.91 Å². The molecule has 0 bridgehead atoms. The standard InChI is InChI=1S/C17H19FN4O3/c1-19-16(24)17-2-3-25-7-10(17)6-22(8-17)15(23)11-4-13-14(5-12(11)18)21-9-20-13/h4-5,9-10H,2-3,6-8H2,1H3,(H,19,24)(H,20,21)/t10-,17+/m1/s1. The number of rotatable bonds is 2. The summed E-state index contributed by atoms with van der Waals surface area (Å²) in [7, 11) is 1.60. The van der Waals surface area contributed by atoms with Crippen molar-refractivity contribution in [3.8, 4) is 0 Å². The van der Waals surface area contributed by atoms with Crippen LogP contribution in [0.1, 0.15) is 16.8 Å². The minimum absolute atomic E-state index is 0.0220. The summed E-state index contributed by atoms with van der Waals surface area (Å²) in [6.45, 7) is 1.57. The molecule has 2 saturated heterocycles. The highest BCUT2D eigenvalue weighted by molar-refractivity contribution is 5.98. The van der Waals surface area contributed by atoms with Crippen LogP contribution in [0.2, 0.25) is 0 Å². The molecule has 0 aliphatic carbocycles. The average molecular weight is 346 g/mol. The Balaban J connectivity index is 1.66. The Morgan fingerprint density at radius 1 is 1.48 bits per heavy atom. The molecule has 1 aromatic heterocycles. The summed E-state index contributed by atoms with van der Waals surface area (Å²) in [6, 6.07) is 2.73. The molecule has 0 spiro atoms. The first-order valence-corrected chi connectivity index (χ1v) is 8.27. The number of likely N-dealkylation sites (tertiary alicyclic amines) is 1. The minimum atomic E-state index is -0.657. The van der Waals surface area contributed by atoms with Gasteiger partial charge in [-0.15, -0.1) is 0 Å². The van der Waals surface area contributed by atoms with Crippen LogP contribution >= 0.6 is 0 Å². The second-order valence-electron chi connectivity index (χ2n) is 6.69. The van der Waals surface area contributed by atoms with Crippen LogP contribution in [-0.4, -0.2) is 60.0 Å². The van der Waals surface area contributed by atoms with Gasteiger partial charge in [0, 0.05) is 38.7 Å². The predicted octanol–water partition coefficient (Wildman–Crippen LogP) is 0.927. The molecule has 3 heterocycles. The first-order chi connectivity index (χ1) is 12.0. The number of carbonyl (C=O) groups excluding carboxylic acids is 2. The van der Waals surface area contributed by atoms with Gasteiger partial charge < -0.3 is 19.9 Å². The Kier molecular flexibility index (Phi) is 3.72. The summed E-state index contributed by atoms with van der Waals surface area (Å²) < 4.78 is 19.9. The molecule has 2 aromatic rings. The highest BCUT2D eigenvalue weighted by Crippen LogP contribution is 2.43. The lowest BCUT2D eigenvalue weighted by molar-refractivity contribution is -0.138. The first kappa shape index (κ1) is 16.0. The molecule has 0 radical (unpaired) electrons. The summed E-state index contributed by atoms with van der Waals surface area (Å²) in [5.74, 6) is -1.18. The number of aromatic amines is 1. The van der Waals surface area contributed by atoms with Crippen molar-refractivity contribution in [1.29, 1.82) is 0 Å². The van der Waals surface area contributed by atoms with Crippen molar-refractivity contribution in [2.24, 2.45) is 11.3 Å². The average Bonchev–Trinajstić information content (AvgIpc) is 3.23. The molecule has 1 aromatic carbocycles. The zero-order valence-electron chi connectivity index (χ0n) is 13.8. The number of H-pyrrole nitrogens is 1. The van der Waals surface area contributed by atoms with Crippen molar-refractivity contribution < 1.29 is 18.7 Å². The number of hydrogen-bond donors (Lipinski definition) is 2. The molecule has 0 saturated carbocycles. The lowest BCUT2D eigenvalue weighted by Gasteiger charge is -2.36. The molecule has 7 nitrogen and oxygen atoms in total. The number of ether oxygens (including phenoxy) is 1. The Bertz CT molecular complexity index is 852. The van der Waals surface area contributed by atoms with Gasteiger partial charge in [0.15, 0.2) is 0 Å². The zero-order chi connectivity index (χ0) is 17.6. The number of halogens is 1. The van der Waals surface area contributed by atoms with Gasteiger partial charge in [-0.2, -0.15) is 0 Å². The van der Waals surface area contributed by atoms with Gasteiger partial charge >= 0.3 is 0 Å². The van der Waals surface area contributed by atoms with E-state index in [0.29, 0.717) is 37.2 Å². The van der Waals surface area contributed by atoms with E-state index in [1.165, 1.54) is 18.5 Å². The van der Waals surface area contributed by atoms with E-state index in [4.69, 9.17) is 4.74 Å². The van der Waals surface area contributed by atoms with Crippen LogP contribution in [0.3, 0.4) is 0 Å². The molecule has 0 unspecified atom stereocenters. The van der Waals surface area contributed by atoms with Gasteiger partial charge in [-0.1, -0.05) is 0 Å². The maximum absolute atomic E-state index is 14.4. The lowest BCUT2D eigenvalue weighted by atomic mass is 9.73. The van der Waals surface area contributed by atoms with Crippen molar-refractivity contribution in [2.45, 2.75) is 6.42 Å². The van der Waals surface area contributed by atoms with E-state index in [1.54, 1.807) is 11.9 Å². The lowest BCUT2D eigenvalue weighted by Crippen LogP contribution is -2.49. The number of fused-ring (bicyclic) bond motifs is 2. The zero-order valence-corrected chi connectivity index (χ0v) is 13.8. The number of hydrogen-bond acceptors (Lipinski definition) is 4. The fourth-order valence-corrected chi connectivity index (χ4v) is 4.01. The van der Waals surface area contributed by atoms with E-state index in [2.05, 4.69) is 15.3 Å². The first-order valence-electron chi connectivity index (χ1n) is 8.27. The number of nitrogens with one attached hydrogen (secondary N) is 2. The molecule has 2 N–H and O–H groups in total. The molecule has 8 heteroatoms. The topological polar surface area (TPSA) is 87.3 Å². The Labute approximate surface area is 143 Å². The van der Waals surface area contributed by atoms with Gasteiger partial charge in [0.2, 0.25) is 5.91 Å². The van der Waals surface area contributed by atoms with Gasteiger partial charge in [0.1, 0.15) is 5.82 Å². The molecule has 2 aliphatic heterocycles. The monoisotopic (exact) mass is 346 g/mol. The third kappa shape index (κ3) is 2.39. The smallest absolute Gasteiger partial charge is 0.256 e. The van der Waals surface area contributed by atoms with Crippen LogP contribution in [0, 0.1) is 17.2 Å². The van der Waals surface area contributed by atoms with Crippen molar-refractivity contribution >= 4 is 22.8 Å². The van der Waals surface area contributed by atoms with Gasteiger partial charge in [-0.05, 0) is 12.5 Å². The van der Waals surface area contributed by atoms with Crippen LogP contribution in [0.15, 0.2) is 18.5 Å². The van der Waals surface area contributed by atoms with E-state index in [1.807, 2.05) is 0 Å². The van der Waals surface area contributed by atoms with Crippen LogP contribution in [0.5, 0.6) is 0 Å². The molecule has 2 fully saturated rings. The van der Waals surface area contributed by atoms with Crippen molar-refractivity contribution in [2.75, 3.05) is 33.4 Å². The fraction of sp³-hybridized carbons (Fsp3) is 0.471. The summed E-state index contributed by atoms with van der Waals surface area (Å²) in [5.41, 5.74) is 0.395. The summed E-state index contributed by atoms with van der Waals surface area (Å²) in [6.07, 6.45) is 2.02. The maximum Gasteiger partial charge on any atom is 0.256 e. The van der Waals surface area contributed by atoms with Crippen molar-refractivity contribution in [3.05, 3.63) is 29.8 Å². The largest absolute Gasteiger partial charge is 0.381 e. The van der Waals surface area contributed by atoms with Gasteiger partial charge in [-0.25, -0.2) is 9.37 Å². The number of aromatic nitrogens is 2. The Morgan fingerprint density at radius 3 is 3.12 bits per heavy atom. The quantitative estimate of drug-likeness (QED) is 0.847. The fourth-order valence-electron chi connectivity index (χ4n) is 4.01. The second kappa shape index (κ2) is 5.80. The Hall–Kier alpha value is -2.48. The molecule has 132 valence electrons. The molecule has 4 rings (SSSR count). The molecular weight excluding hydrogens is 327 g/mol. The number of carbonyl (C=O) groups is 2. The third-order valence-corrected chi connectivity index (χ3v) is 5.41. The van der Waals surface area contributed by atoms with E-state index in [0.717, 1.165) is 0 Å². The molecule has 2 atom stereocenters. The van der Waals surface area contributed by atoms with E-state index >= 15 is 0 Å². The molecule has 2 aliphatic rings. The van der Waals surface area contributed by atoms with Crippen molar-refractivity contribution in [3.63, 3.8) is 0 Å². The predicted molar refractivity (Wildman–Crippen MR) is 87.4 cm³/mol.